The SMILES string of the molecule is CC(=O)Nc1ccc(SC[C@H](O)COc2c(C)cccc2C)cc1. The Morgan fingerprint density at radius 2 is 1.79 bits per heavy atom. The largest absolute Gasteiger partial charge is 0.490 e. The molecular weight excluding hydrogens is 322 g/mol. The molecule has 0 bridgehead atoms. The van der Waals surface area contributed by atoms with Gasteiger partial charge >= 0.3 is 0 Å². The first-order valence-electron chi connectivity index (χ1n) is 7.83. The number of hydrogen-bond acceptors (Lipinski definition) is 4. The average Bonchev–Trinajstić information content (AvgIpc) is 2.53. The van der Waals surface area contributed by atoms with E-state index in [2.05, 4.69) is 5.32 Å². The Bertz CT molecular complexity index is 665. The van der Waals surface area contributed by atoms with E-state index in [-0.39, 0.29) is 12.5 Å². The van der Waals surface area contributed by atoms with E-state index in [9.17, 15) is 9.90 Å². The van der Waals surface area contributed by atoms with Crippen LogP contribution in [0.1, 0.15) is 18.1 Å². The Labute approximate surface area is 147 Å². The number of aliphatic hydroxyl groups excluding tert-OH is 1. The van der Waals surface area contributed by atoms with Crippen molar-refractivity contribution in [3.8, 4) is 5.75 Å². The van der Waals surface area contributed by atoms with E-state index in [0.29, 0.717) is 5.75 Å². The van der Waals surface area contributed by atoms with Crippen LogP contribution in [0.25, 0.3) is 0 Å². The highest BCUT2D eigenvalue weighted by molar-refractivity contribution is 7.99. The second-order valence-electron chi connectivity index (χ2n) is 5.70. The molecule has 1 amide bonds. The molecule has 2 N–H and O–H groups in total. The zero-order chi connectivity index (χ0) is 17.5. The minimum atomic E-state index is -0.552. The van der Waals surface area contributed by atoms with Gasteiger partial charge < -0.3 is 15.2 Å². The van der Waals surface area contributed by atoms with Crippen molar-refractivity contribution in [2.24, 2.45) is 0 Å². The third-order valence-corrected chi connectivity index (χ3v) is 4.60. The topological polar surface area (TPSA) is 58.6 Å². The fraction of sp³-hybridized carbons (Fsp3) is 0.316. The molecule has 128 valence electrons. The molecule has 0 heterocycles. The van der Waals surface area contributed by atoms with Crippen LogP contribution in [0.2, 0.25) is 0 Å². The lowest BCUT2D eigenvalue weighted by Gasteiger charge is -2.15. The molecule has 1 atom stereocenters. The molecule has 2 rings (SSSR count). The molecule has 0 radical (unpaired) electrons. The summed E-state index contributed by atoms with van der Waals surface area (Å²) in [6, 6.07) is 13.5. The van der Waals surface area contributed by atoms with Gasteiger partial charge in [-0.1, -0.05) is 18.2 Å². The molecule has 0 aliphatic carbocycles. The fourth-order valence-electron chi connectivity index (χ4n) is 2.28. The number of para-hydroxylation sites is 1. The molecule has 0 spiro atoms. The molecule has 2 aromatic rings. The van der Waals surface area contributed by atoms with Crippen molar-refractivity contribution in [1.82, 2.24) is 0 Å². The first kappa shape index (κ1) is 18.4. The summed E-state index contributed by atoms with van der Waals surface area (Å²) >= 11 is 1.56. The number of ether oxygens (including phenoxy) is 1. The van der Waals surface area contributed by atoms with Crippen LogP contribution in [0.3, 0.4) is 0 Å². The van der Waals surface area contributed by atoms with Crippen molar-refractivity contribution < 1.29 is 14.6 Å². The summed E-state index contributed by atoms with van der Waals surface area (Å²) in [6.07, 6.45) is -0.552. The standard InChI is InChI=1S/C19H23NO3S/c1-13-5-4-6-14(2)19(13)23-11-17(22)12-24-18-9-7-16(8-10-18)20-15(3)21/h4-10,17,22H,11-12H2,1-3H3,(H,20,21)/t17-/m1/s1. The van der Waals surface area contributed by atoms with Crippen LogP contribution in [-0.2, 0) is 4.79 Å². The molecule has 0 unspecified atom stereocenters. The molecule has 2 aromatic carbocycles. The maximum Gasteiger partial charge on any atom is 0.221 e. The second-order valence-corrected chi connectivity index (χ2v) is 6.80. The Hall–Kier alpha value is -1.98. The second kappa shape index (κ2) is 8.76. The van der Waals surface area contributed by atoms with E-state index in [0.717, 1.165) is 27.5 Å². The van der Waals surface area contributed by atoms with Gasteiger partial charge in [0.1, 0.15) is 12.4 Å². The molecule has 5 heteroatoms. The molecule has 0 aliphatic heterocycles. The van der Waals surface area contributed by atoms with Crippen molar-refractivity contribution in [2.45, 2.75) is 31.8 Å². The number of nitrogens with one attached hydrogen (secondary N) is 1. The molecule has 0 aliphatic rings. The van der Waals surface area contributed by atoms with Crippen molar-refractivity contribution in [2.75, 3.05) is 17.7 Å². The lowest BCUT2D eigenvalue weighted by molar-refractivity contribution is -0.114. The van der Waals surface area contributed by atoms with Crippen LogP contribution in [0.4, 0.5) is 5.69 Å². The van der Waals surface area contributed by atoms with Gasteiger partial charge in [0.05, 0.1) is 6.10 Å². The number of amides is 1. The van der Waals surface area contributed by atoms with Gasteiger partial charge in [0.15, 0.2) is 0 Å². The van der Waals surface area contributed by atoms with E-state index >= 15 is 0 Å². The fourth-order valence-corrected chi connectivity index (χ4v) is 3.09. The van der Waals surface area contributed by atoms with Gasteiger partial charge in [-0.3, -0.25) is 4.79 Å². The zero-order valence-electron chi connectivity index (χ0n) is 14.2. The van der Waals surface area contributed by atoms with Crippen LogP contribution in [0, 0.1) is 13.8 Å². The van der Waals surface area contributed by atoms with E-state index in [1.165, 1.54) is 6.92 Å². The molecule has 0 saturated carbocycles. The molecule has 0 aromatic heterocycles. The van der Waals surface area contributed by atoms with Gasteiger partial charge in [-0.15, -0.1) is 11.8 Å². The van der Waals surface area contributed by atoms with E-state index in [4.69, 9.17) is 4.74 Å². The minimum absolute atomic E-state index is 0.0885. The normalized spacial score (nSPS) is 11.8. The average molecular weight is 345 g/mol. The third-order valence-electron chi connectivity index (χ3n) is 3.45. The minimum Gasteiger partial charge on any atom is -0.490 e. The summed E-state index contributed by atoms with van der Waals surface area (Å²) in [7, 11) is 0. The van der Waals surface area contributed by atoms with Gasteiger partial charge in [-0.2, -0.15) is 0 Å². The number of carbonyl (C=O) groups is 1. The van der Waals surface area contributed by atoms with Gasteiger partial charge in [-0.05, 0) is 49.2 Å². The number of rotatable bonds is 7. The number of thioether (sulfide) groups is 1. The molecule has 4 nitrogen and oxygen atoms in total. The van der Waals surface area contributed by atoms with Crippen molar-refractivity contribution >= 4 is 23.4 Å². The molecule has 0 saturated heterocycles. The third kappa shape index (κ3) is 5.58. The smallest absolute Gasteiger partial charge is 0.221 e. The number of benzene rings is 2. The highest BCUT2D eigenvalue weighted by Gasteiger charge is 2.09. The van der Waals surface area contributed by atoms with Crippen molar-refractivity contribution in [3.63, 3.8) is 0 Å². The molecular formula is C19H23NO3S. The predicted octanol–water partition coefficient (Wildman–Crippen LogP) is 3.79. The zero-order valence-corrected chi connectivity index (χ0v) is 15.0. The molecule has 24 heavy (non-hydrogen) atoms. The van der Waals surface area contributed by atoms with Crippen LogP contribution in [0.15, 0.2) is 47.4 Å². The first-order chi connectivity index (χ1) is 11.5. The summed E-state index contributed by atoms with van der Waals surface area (Å²) in [5.41, 5.74) is 2.91. The summed E-state index contributed by atoms with van der Waals surface area (Å²) < 4.78 is 5.77. The van der Waals surface area contributed by atoms with Crippen LogP contribution >= 0.6 is 11.8 Å². The number of carbonyl (C=O) groups excluding carboxylic acids is 1. The summed E-state index contributed by atoms with van der Waals surface area (Å²) in [6.45, 7) is 5.75. The monoisotopic (exact) mass is 345 g/mol. The Balaban J connectivity index is 1.80. The first-order valence-corrected chi connectivity index (χ1v) is 8.82. The van der Waals surface area contributed by atoms with E-state index in [1.54, 1.807) is 11.8 Å². The maximum atomic E-state index is 11.0. The van der Waals surface area contributed by atoms with Gasteiger partial charge in [0.2, 0.25) is 5.91 Å². The number of aliphatic hydroxyl groups is 1. The van der Waals surface area contributed by atoms with Gasteiger partial charge in [0, 0.05) is 23.3 Å². The molecule has 0 fully saturated rings. The highest BCUT2D eigenvalue weighted by Crippen LogP contribution is 2.24. The Morgan fingerprint density at radius 3 is 2.38 bits per heavy atom. The van der Waals surface area contributed by atoms with Crippen LogP contribution in [0.5, 0.6) is 5.75 Å². The Morgan fingerprint density at radius 1 is 1.17 bits per heavy atom. The van der Waals surface area contributed by atoms with E-state index < -0.39 is 6.10 Å². The lowest BCUT2D eigenvalue weighted by Crippen LogP contribution is -2.20. The van der Waals surface area contributed by atoms with Crippen molar-refractivity contribution in [1.29, 1.82) is 0 Å². The van der Waals surface area contributed by atoms with Crippen LogP contribution < -0.4 is 10.1 Å². The number of aryl methyl sites for hydroxylation is 2. The number of hydrogen-bond donors (Lipinski definition) is 2. The van der Waals surface area contributed by atoms with Gasteiger partial charge in [0.25, 0.3) is 0 Å². The van der Waals surface area contributed by atoms with Crippen LogP contribution in [-0.4, -0.2) is 29.5 Å². The quantitative estimate of drug-likeness (QED) is 0.750. The predicted molar refractivity (Wildman–Crippen MR) is 98.9 cm³/mol. The maximum absolute atomic E-state index is 11.0. The summed E-state index contributed by atoms with van der Waals surface area (Å²) in [4.78, 5) is 12.0. The Kier molecular flexibility index (Phi) is 6.70. The van der Waals surface area contributed by atoms with E-state index in [1.807, 2.05) is 56.3 Å². The number of anilines is 1. The van der Waals surface area contributed by atoms with Gasteiger partial charge in [-0.25, -0.2) is 0 Å². The summed E-state index contributed by atoms with van der Waals surface area (Å²) in [5, 5.41) is 12.9. The summed E-state index contributed by atoms with van der Waals surface area (Å²) in [5.74, 6) is 1.31. The van der Waals surface area contributed by atoms with Crippen molar-refractivity contribution in [3.05, 3.63) is 53.6 Å². The lowest BCUT2D eigenvalue weighted by atomic mass is 10.1. The highest BCUT2D eigenvalue weighted by atomic mass is 32.2.